The highest BCUT2D eigenvalue weighted by Crippen LogP contribution is 2.44. The Morgan fingerprint density at radius 3 is 2.57 bits per heavy atom. The number of para-hydroxylation sites is 2. The maximum absolute atomic E-state index is 14.1. The molecule has 1 aliphatic rings. The molecule has 230 valence electrons. The largest absolute Gasteiger partial charge is 0.495 e. The van der Waals surface area contributed by atoms with Gasteiger partial charge in [0.05, 0.1) is 29.4 Å². The molecule has 0 bridgehead atoms. The maximum atomic E-state index is 14.1. The van der Waals surface area contributed by atoms with Gasteiger partial charge in [-0.3, -0.25) is 4.79 Å². The molecule has 1 unspecified atom stereocenters. The van der Waals surface area contributed by atoms with E-state index in [1.807, 2.05) is 56.3 Å². The molecular formula is C33H36BrN5O4S. The molecule has 0 fully saturated rings. The Morgan fingerprint density at radius 1 is 1.07 bits per heavy atom. The molecule has 11 heteroatoms. The molecule has 0 radical (unpaired) electrons. The van der Waals surface area contributed by atoms with E-state index >= 15 is 0 Å². The third kappa shape index (κ3) is 6.89. The number of nitrogens with zero attached hydrogens (tertiary/aromatic N) is 3. The molecule has 1 amide bonds. The van der Waals surface area contributed by atoms with E-state index < -0.39 is 6.04 Å². The van der Waals surface area contributed by atoms with Crippen molar-refractivity contribution in [2.75, 3.05) is 30.1 Å². The summed E-state index contributed by atoms with van der Waals surface area (Å²) in [7, 11) is 1.58. The van der Waals surface area contributed by atoms with Crippen LogP contribution in [0.15, 0.2) is 81.6 Å². The molecule has 9 nitrogen and oxygen atoms in total. The van der Waals surface area contributed by atoms with Gasteiger partial charge in [0.15, 0.2) is 11.5 Å². The summed E-state index contributed by atoms with van der Waals surface area (Å²) in [5, 5.41) is 11.8. The predicted molar refractivity (Wildman–Crippen MR) is 178 cm³/mol. The Labute approximate surface area is 270 Å². The van der Waals surface area contributed by atoms with Crippen LogP contribution >= 0.6 is 27.7 Å². The molecule has 44 heavy (non-hydrogen) atoms. The van der Waals surface area contributed by atoms with Gasteiger partial charge in [-0.1, -0.05) is 60.6 Å². The Bertz CT molecular complexity index is 1670. The molecule has 4 aromatic rings. The number of benzene rings is 3. The average molecular weight is 679 g/mol. The second kappa shape index (κ2) is 14.2. The van der Waals surface area contributed by atoms with Gasteiger partial charge >= 0.3 is 0 Å². The fourth-order valence-electron chi connectivity index (χ4n) is 4.91. The summed E-state index contributed by atoms with van der Waals surface area (Å²) in [6, 6.07) is 18.8. The minimum absolute atomic E-state index is 0.290. The Balaban J connectivity index is 1.57. The van der Waals surface area contributed by atoms with E-state index in [0.29, 0.717) is 63.0 Å². The van der Waals surface area contributed by atoms with E-state index in [1.54, 1.807) is 29.6 Å². The monoisotopic (exact) mass is 677 g/mol. The van der Waals surface area contributed by atoms with Crippen molar-refractivity contribution in [2.24, 2.45) is 0 Å². The molecule has 0 spiro atoms. The number of aryl methyl sites for hydroxylation is 1. The molecule has 1 atom stereocenters. The van der Waals surface area contributed by atoms with Crippen molar-refractivity contribution in [3.63, 3.8) is 0 Å². The number of aromatic nitrogens is 3. The van der Waals surface area contributed by atoms with E-state index in [4.69, 9.17) is 24.3 Å². The molecule has 3 aromatic carbocycles. The number of hydrogen-bond donors (Lipinski definition) is 2. The average Bonchev–Trinajstić information content (AvgIpc) is 3.42. The minimum atomic E-state index is -0.605. The SMILES string of the molecule is CCCSc1nc2n(n1)C(c1cc(Br)c(OCc3ccc(C)cc3)c(OCC)c1)C(C(=O)Nc1ccccc1OC)=C(C)N2. The van der Waals surface area contributed by atoms with Crippen molar-refractivity contribution in [3.05, 3.63) is 93.1 Å². The van der Waals surface area contributed by atoms with E-state index in [0.717, 1.165) is 23.3 Å². The third-order valence-electron chi connectivity index (χ3n) is 7.02. The second-order valence-electron chi connectivity index (χ2n) is 10.3. The first-order chi connectivity index (χ1) is 21.3. The topological polar surface area (TPSA) is 99.5 Å². The Hall–Kier alpha value is -3.96. The van der Waals surface area contributed by atoms with Crippen LogP contribution in [0.4, 0.5) is 11.6 Å². The number of anilines is 2. The van der Waals surface area contributed by atoms with Crippen LogP contribution in [-0.2, 0) is 11.4 Å². The molecular weight excluding hydrogens is 642 g/mol. The van der Waals surface area contributed by atoms with Crippen LogP contribution in [0.1, 0.15) is 49.9 Å². The number of methoxy groups -OCH3 is 1. The number of carbonyl (C=O) groups excluding carboxylic acids is 1. The normalized spacial score (nSPS) is 14.1. The van der Waals surface area contributed by atoms with Gasteiger partial charge in [0.1, 0.15) is 18.4 Å². The molecule has 1 aromatic heterocycles. The number of nitrogens with one attached hydrogen (secondary N) is 2. The first-order valence-corrected chi connectivity index (χ1v) is 16.3. The molecule has 1 aliphatic heterocycles. The van der Waals surface area contributed by atoms with Gasteiger partial charge in [0, 0.05) is 11.4 Å². The van der Waals surface area contributed by atoms with Crippen LogP contribution in [0.25, 0.3) is 0 Å². The Morgan fingerprint density at radius 2 is 1.84 bits per heavy atom. The highest BCUT2D eigenvalue weighted by Gasteiger charge is 2.36. The van der Waals surface area contributed by atoms with Gasteiger partial charge in [-0.15, -0.1) is 5.10 Å². The first kappa shape index (κ1) is 31.5. The van der Waals surface area contributed by atoms with Crippen LogP contribution in [0.3, 0.4) is 0 Å². The Kier molecular flexibility index (Phi) is 10.2. The zero-order chi connectivity index (χ0) is 31.2. The van der Waals surface area contributed by atoms with E-state index in [1.165, 1.54) is 5.56 Å². The molecule has 5 rings (SSSR count). The number of amides is 1. The van der Waals surface area contributed by atoms with E-state index in [-0.39, 0.29) is 5.91 Å². The number of fused-ring (bicyclic) bond motifs is 1. The first-order valence-electron chi connectivity index (χ1n) is 14.5. The fourth-order valence-corrected chi connectivity index (χ4v) is 6.17. The van der Waals surface area contributed by atoms with Crippen LogP contribution in [-0.4, -0.2) is 40.1 Å². The highest BCUT2D eigenvalue weighted by molar-refractivity contribution is 9.10. The standard InChI is InChI=1S/C33H36BrN5O4S/c1-6-16-44-33-37-32-35-21(4)28(31(40)36-25-10-8-9-11-26(25)41-5)29(39(32)38-33)23-17-24(34)30(27(18-23)42-7-2)43-19-22-14-12-20(3)13-15-22/h8-15,17-18,29H,6-7,16,19H2,1-5H3,(H,36,40)(H,35,37,38). The smallest absolute Gasteiger partial charge is 0.255 e. The van der Waals surface area contributed by atoms with Crippen molar-refractivity contribution in [2.45, 2.75) is 51.9 Å². The van der Waals surface area contributed by atoms with Gasteiger partial charge in [-0.25, -0.2) is 4.68 Å². The zero-order valence-electron chi connectivity index (χ0n) is 25.4. The highest BCUT2D eigenvalue weighted by atomic mass is 79.9. The van der Waals surface area contributed by atoms with Crippen molar-refractivity contribution in [1.29, 1.82) is 0 Å². The van der Waals surface area contributed by atoms with Crippen molar-refractivity contribution in [1.82, 2.24) is 14.8 Å². The molecule has 0 saturated heterocycles. The lowest BCUT2D eigenvalue weighted by Gasteiger charge is -2.29. The zero-order valence-corrected chi connectivity index (χ0v) is 27.8. The van der Waals surface area contributed by atoms with Crippen LogP contribution in [0.5, 0.6) is 17.2 Å². The number of thioether (sulfide) groups is 1. The number of halogens is 1. The van der Waals surface area contributed by atoms with Gasteiger partial charge < -0.3 is 24.8 Å². The summed E-state index contributed by atoms with van der Waals surface area (Å²) in [4.78, 5) is 18.8. The number of ether oxygens (including phenoxy) is 3. The van der Waals surface area contributed by atoms with E-state index in [9.17, 15) is 4.79 Å². The summed E-state index contributed by atoms with van der Waals surface area (Å²) < 4.78 is 20.3. The number of allylic oxidation sites excluding steroid dienone is 1. The summed E-state index contributed by atoms with van der Waals surface area (Å²) in [6.45, 7) is 8.79. The van der Waals surface area contributed by atoms with Crippen LogP contribution in [0.2, 0.25) is 0 Å². The predicted octanol–water partition coefficient (Wildman–Crippen LogP) is 7.77. The lowest BCUT2D eigenvalue weighted by molar-refractivity contribution is -0.113. The lowest BCUT2D eigenvalue weighted by Crippen LogP contribution is -2.31. The number of rotatable bonds is 12. The summed E-state index contributed by atoms with van der Waals surface area (Å²) in [6.07, 6.45) is 0.990. The van der Waals surface area contributed by atoms with Gasteiger partial charge in [-0.2, -0.15) is 4.98 Å². The molecule has 0 saturated carbocycles. The van der Waals surface area contributed by atoms with Crippen LogP contribution < -0.4 is 24.8 Å². The third-order valence-corrected chi connectivity index (χ3v) is 8.65. The quantitative estimate of drug-likeness (QED) is 0.147. The van der Waals surface area contributed by atoms with Gasteiger partial charge in [0.25, 0.3) is 5.91 Å². The van der Waals surface area contributed by atoms with Crippen molar-refractivity contribution in [3.8, 4) is 17.2 Å². The number of carbonyl (C=O) groups is 1. The van der Waals surface area contributed by atoms with Crippen molar-refractivity contribution < 1.29 is 19.0 Å². The summed E-state index contributed by atoms with van der Waals surface area (Å²) >= 11 is 5.32. The summed E-state index contributed by atoms with van der Waals surface area (Å²) in [5.74, 6) is 2.87. The fraction of sp³-hybridized carbons (Fsp3) is 0.303. The van der Waals surface area contributed by atoms with Crippen molar-refractivity contribution >= 4 is 45.2 Å². The molecule has 0 aliphatic carbocycles. The van der Waals surface area contributed by atoms with E-state index in [2.05, 4.69) is 52.5 Å². The van der Waals surface area contributed by atoms with Gasteiger partial charge in [0.2, 0.25) is 11.1 Å². The van der Waals surface area contributed by atoms with Gasteiger partial charge in [-0.05, 0) is 78.5 Å². The molecule has 2 N–H and O–H groups in total. The summed E-state index contributed by atoms with van der Waals surface area (Å²) in [5.41, 5.74) is 4.75. The number of hydrogen-bond acceptors (Lipinski definition) is 8. The second-order valence-corrected chi connectivity index (χ2v) is 12.2. The van der Waals surface area contributed by atoms with Crippen LogP contribution in [0, 0.1) is 6.92 Å². The lowest BCUT2D eigenvalue weighted by atomic mass is 9.94. The maximum Gasteiger partial charge on any atom is 0.255 e. The minimum Gasteiger partial charge on any atom is -0.495 e. The molecule has 2 heterocycles.